The van der Waals surface area contributed by atoms with Crippen LogP contribution in [0.15, 0.2) is 17.4 Å². The Balaban J connectivity index is 0.00000484. The molecule has 0 bridgehead atoms. The topological polar surface area (TPSA) is 63.5 Å². The van der Waals surface area contributed by atoms with Crippen molar-refractivity contribution in [2.24, 2.45) is 4.99 Å². The van der Waals surface area contributed by atoms with E-state index in [1.54, 1.807) is 7.11 Å². The maximum absolute atomic E-state index is 5.39. The van der Waals surface area contributed by atoms with Crippen molar-refractivity contribution in [3.05, 3.63) is 18.2 Å². The minimum Gasteiger partial charge on any atom is -0.377 e. The number of ether oxygens (including phenoxy) is 1. The van der Waals surface area contributed by atoms with E-state index in [-0.39, 0.29) is 29.6 Å². The standard InChI is InChI=1S/C16H31N5O.HI/c1-6-17-15(20-13-16(3,4)22-5)19-9-7-8-11-21-12-10-18-14(21)2;/h10,12H,6-9,11,13H2,1-5H3,(H2,17,19,20);1H. The molecule has 0 radical (unpaired) electrons. The number of guanidine groups is 1. The van der Waals surface area contributed by atoms with Crippen molar-refractivity contribution >= 4 is 29.9 Å². The maximum Gasteiger partial charge on any atom is 0.191 e. The lowest BCUT2D eigenvalue weighted by Gasteiger charge is -2.21. The molecule has 134 valence electrons. The first-order valence-electron chi connectivity index (χ1n) is 8.03. The molecule has 0 amide bonds. The molecule has 6 nitrogen and oxygen atoms in total. The average Bonchev–Trinajstić information content (AvgIpc) is 2.90. The summed E-state index contributed by atoms with van der Waals surface area (Å²) in [5.74, 6) is 1.93. The number of unbranched alkanes of at least 4 members (excludes halogenated alkanes) is 1. The normalized spacial score (nSPS) is 12.0. The number of imidazole rings is 1. The van der Waals surface area contributed by atoms with Crippen LogP contribution in [-0.2, 0) is 11.3 Å². The molecule has 0 aliphatic heterocycles. The van der Waals surface area contributed by atoms with Gasteiger partial charge in [-0.15, -0.1) is 24.0 Å². The Morgan fingerprint density at radius 1 is 1.35 bits per heavy atom. The van der Waals surface area contributed by atoms with Crippen LogP contribution < -0.4 is 10.6 Å². The molecular formula is C16H32IN5O. The van der Waals surface area contributed by atoms with Gasteiger partial charge in [-0.3, -0.25) is 4.99 Å². The summed E-state index contributed by atoms with van der Waals surface area (Å²) in [6.07, 6.45) is 6.09. The summed E-state index contributed by atoms with van der Waals surface area (Å²) < 4.78 is 7.57. The molecule has 1 heterocycles. The van der Waals surface area contributed by atoms with Gasteiger partial charge in [-0.1, -0.05) is 0 Å². The van der Waals surface area contributed by atoms with Crippen molar-refractivity contribution in [2.75, 3.05) is 26.7 Å². The molecule has 0 aliphatic carbocycles. The second kappa shape index (κ2) is 11.7. The van der Waals surface area contributed by atoms with Gasteiger partial charge in [-0.25, -0.2) is 4.98 Å². The van der Waals surface area contributed by atoms with Crippen LogP contribution in [0.5, 0.6) is 0 Å². The number of aryl methyl sites for hydroxylation is 2. The number of aromatic nitrogens is 2. The van der Waals surface area contributed by atoms with E-state index < -0.39 is 0 Å². The molecule has 0 atom stereocenters. The molecule has 1 aromatic rings. The SMILES string of the molecule is CCNC(=NCC(C)(C)OC)NCCCCn1ccnc1C.I. The van der Waals surface area contributed by atoms with Gasteiger partial charge in [0.15, 0.2) is 5.96 Å². The predicted octanol–water partition coefficient (Wildman–Crippen LogP) is 2.57. The van der Waals surface area contributed by atoms with Crippen LogP contribution in [0.2, 0.25) is 0 Å². The summed E-state index contributed by atoms with van der Waals surface area (Å²) in [7, 11) is 1.72. The van der Waals surface area contributed by atoms with Gasteiger partial charge < -0.3 is 19.9 Å². The number of methoxy groups -OCH3 is 1. The molecule has 0 aromatic carbocycles. The van der Waals surface area contributed by atoms with Crippen molar-refractivity contribution < 1.29 is 4.74 Å². The van der Waals surface area contributed by atoms with Crippen LogP contribution in [0.25, 0.3) is 0 Å². The number of rotatable bonds is 9. The van der Waals surface area contributed by atoms with Crippen LogP contribution in [-0.4, -0.2) is 47.9 Å². The fraction of sp³-hybridized carbons (Fsp3) is 0.750. The molecule has 2 N–H and O–H groups in total. The third-order valence-corrected chi connectivity index (χ3v) is 3.56. The van der Waals surface area contributed by atoms with Gasteiger partial charge in [0, 0.05) is 39.1 Å². The number of nitrogens with one attached hydrogen (secondary N) is 2. The number of halogens is 1. The Hall–Kier alpha value is -0.830. The Labute approximate surface area is 157 Å². The van der Waals surface area contributed by atoms with Gasteiger partial charge in [0.1, 0.15) is 5.82 Å². The van der Waals surface area contributed by atoms with Crippen molar-refractivity contribution in [3.8, 4) is 0 Å². The quantitative estimate of drug-likeness (QED) is 0.270. The Bertz CT molecular complexity index is 459. The van der Waals surface area contributed by atoms with Crippen LogP contribution in [0, 0.1) is 6.92 Å². The molecule has 0 aliphatic rings. The van der Waals surface area contributed by atoms with E-state index in [0.29, 0.717) is 6.54 Å². The highest BCUT2D eigenvalue weighted by molar-refractivity contribution is 14.0. The molecule has 0 saturated carbocycles. The summed E-state index contributed by atoms with van der Waals surface area (Å²) >= 11 is 0. The monoisotopic (exact) mass is 437 g/mol. The van der Waals surface area contributed by atoms with Crippen LogP contribution in [0.3, 0.4) is 0 Å². The molecule has 1 aromatic heterocycles. The van der Waals surface area contributed by atoms with Crippen molar-refractivity contribution in [1.29, 1.82) is 0 Å². The zero-order chi connectivity index (χ0) is 16.4. The lowest BCUT2D eigenvalue weighted by molar-refractivity contribution is 0.0310. The van der Waals surface area contributed by atoms with E-state index >= 15 is 0 Å². The highest BCUT2D eigenvalue weighted by Crippen LogP contribution is 2.07. The zero-order valence-electron chi connectivity index (χ0n) is 15.1. The second-order valence-corrected chi connectivity index (χ2v) is 5.96. The van der Waals surface area contributed by atoms with Gasteiger partial charge in [-0.2, -0.15) is 0 Å². The van der Waals surface area contributed by atoms with Gasteiger partial charge in [-0.05, 0) is 40.5 Å². The van der Waals surface area contributed by atoms with E-state index in [9.17, 15) is 0 Å². The largest absolute Gasteiger partial charge is 0.377 e. The van der Waals surface area contributed by atoms with Gasteiger partial charge >= 0.3 is 0 Å². The van der Waals surface area contributed by atoms with Crippen molar-refractivity contribution in [2.45, 2.75) is 52.7 Å². The van der Waals surface area contributed by atoms with Gasteiger partial charge in [0.25, 0.3) is 0 Å². The van der Waals surface area contributed by atoms with E-state index in [1.165, 1.54) is 0 Å². The number of aliphatic imine (C=N–C) groups is 1. The fourth-order valence-corrected chi connectivity index (χ4v) is 1.93. The first-order chi connectivity index (χ1) is 10.5. The van der Waals surface area contributed by atoms with E-state index in [1.807, 2.05) is 33.2 Å². The lowest BCUT2D eigenvalue weighted by atomic mass is 10.1. The Morgan fingerprint density at radius 2 is 2.09 bits per heavy atom. The number of nitrogens with zero attached hydrogens (tertiary/aromatic N) is 3. The first kappa shape index (κ1) is 22.2. The van der Waals surface area contributed by atoms with Crippen LogP contribution in [0.4, 0.5) is 0 Å². The van der Waals surface area contributed by atoms with Crippen LogP contribution in [0.1, 0.15) is 39.4 Å². The molecule has 1 rings (SSSR count). The third kappa shape index (κ3) is 9.14. The molecule has 0 spiro atoms. The zero-order valence-corrected chi connectivity index (χ0v) is 17.4. The molecular weight excluding hydrogens is 405 g/mol. The Kier molecular flexibility index (Phi) is 11.2. The van der Waals surface area contributed by atoms with E-state index in [4.69, 9.17) is 4.74 Å². The van der Waals surface area contributed by atoms with Crippen molar-refractivity contribution in [1.82, 2.24) is 20.2 Å². The predicted molar refractivity (Wildman–Crippen MR) is 107 cm³/mol. The molecule has 0 fully saturated rings. The van der Waals surface area contributed by atoms with Gasteiger partial charge in [0.2, 0.25) is 0 Å². The number of hydrogen-bond acceptors (Lipinski definition) is 3. The number of hydrogen-bond donors (Lipinski definition) is 2. The molecule has 0 unspecified atom stereocenters. The fourth-order valence-electron chi connectivity index (χ4n) is 1.93. The first-order valence-corrected chi connectivity index (χ1v) is 8.03. The highest BCUT2D eigenvalue weighted by Gasteiger charge is 2.15. The summed E-state index contributed by atoms with van der Waals surface area (Å²) in [5.41, 5.74) is -0.235. The summed E-state index contributed by atoms with van der Waals surface area (Å²) in [6, 6.07) is 0. The smallest absolute Gasteiger partial charge is 0.191 e. The summed E-state index contributed by atoms with van der Waals surface area (Å²) in [5, 5.41) is 6.63. The highest BCUT2D eigenvalue weighted by atomic mass is 127. The van der Waals surface area contributed by atoms with Gasteiger partial charge in [0.05, 0.1) is 12.1 Å². The average molecular weight is 437 g/mol. The van der Waals surface area contributed by atoms with E-state index in [0.717, 1.165) is 44.3 Å². The van der Waals surface area contributed by atoms with E-state index in [2.05, 4.69) is 32.1 Å². The molecule has 0 saturated heterocycles. The Morgan fingerprint density at radius 3 is 2.65 bits per heavy atom. The lowest BCUT2D eigenvalue weighted by Crippen LogP contribution is -2.39. The summed E-state index contributed by atoms with van der Waals surface area (Å²) in [6.45, 7) is 11.6. The molecule has 7 heteroatoms. The third-order valence-electron chi connectivity index (χ3n) is 3.56. The van der Waals surface area contributed by atoms with Crippen molar-refractivity contribution in [3.63, 3.8) is 0 Å². The maximum atomic E-state index is 5.39. The van der Waals surface area contributed by atoms with Crippen LogP contribution >= 0.6 is 24.0 Å². The molecule has 23 heavy (non-hydrogen) atoms. The minimum absolute atomic E-state index is 0. The summed E-state index contributed by atoms with van der Waals surface area (Å²) in [4.78, 5) is 8.80. The second-order valence-electron chi connectivity index (χ2n) is 5.96. The minimum atomic E-state index is -0.235.